The molecule has 34 heavy (non-hydrogen) atoms. The number of anilines is 1. The second-order valence-corrected chi connectivity index (χ2v) is 12.0. The SMILES string of the molecule is Cc1ccc(CN(C(=O)CN(c2cc(Cl)ccc2Cl)S(C)(=O)=O)[C@H](C)C(=O)NC(C)(C)C)cc1. The average Bonchev–Trinajstić information content (AvgIpc) is 2.70. The molecule has 0 aliphatic rings. The van der Waals surface area contributed by atoms with Crippen molar-refractivity contribution in [1.29, 1.82) is 0 Å². The van der Waals surface area contributed by atoms with Crippen LogP contribution < -0.4 is 9.62 Å². The van der Waals surface area contributed by atoms with Crippen molar-refractivity contribution in [2.75, 3.05) is 17.1 Å². The zero-order chi connectivity index (χ0) is 25.8. The molecule has 0 aliphatic carbocycles. The Hall–Kier alpha value is -2.29. The highest BCUT2D eigenvalue weighted by Crippen LogP contribution is 2.31. The Balaban J connectivity index is 2.44. The molecule has 2 rings (SSSR count). The van der Waals surface area contributed by atoms with E-state index in [9.17, 15) is 18.0 Å². The number of rotatable bonds is 8. The van der Waals surface area contributed by atoms with Crippen LogP contribution in [0.4, 0.5) is 5.69 Å². The second-order valence-electron chi connectivity index (χ2n) is 9.29. The van der Waals surface area contributed by atoms with Gasteiger partial charge in [0, 0.05) is 17.1 Å². The third kappa shape index (κ3) is 7.89. The highest BCUT2D eigenvalue weighted by molar-refractivity contribution is 7.92. The number of halogens is 2. The molecule has 7 nitrogen and oxygen atoms in total. The van der Waals surface area contributed by atoms with E-state index in [4.69, 9.17) is 23.2 Å². The predicted octanol–water partition coefficient (Wildman–Crippen LogP) is 4.40. The third-order valence-corrected chi connectivity index (χ3v) is 6.68. The number of aryl methyl sites for hydroxylation is 1. The van der Waals surface area contributed by atoms with Crippen LogP contribution in [0.2, 0.25) is 10.0 Å². The number of carbonyl (C=O) groups is 2. The van der Waals surface area contributed by atoms with Gasteiger partial charge in [-0.15, -0.1) is 0 Å². The Kier molecular flexibility index (Phi) is 9.02. The quantitative estimate of drug-likeness (QED) is 0.551. The van der Waals surface area contributed by atoms with Gasteiger partial charge in [0.05, 0.1) is 17.0 Å². The summed E-state index contributed by atoms with van der Waals surface area (Å²) in [6.45, 7) is 8.68. The van der Waals surface area contributed by atoms with Crippen molar-refractivity contribution in [3.63, 3.8) is 0 Å². The van der Waals surface area contributed by atoms with Crippen molar-refractivity contribution >= 4 is 50.7 Å². The molecule has 0 unspecified atom stereocenters. The number of sulfonamides is 1. The summed E-state index contributed by atoms with van der Waals surface area (Å²) in [5.74, 6) is -0.904. The summed E-state index contributed by atoms with van der Waals surface area (Å²) in [6.07, 6.45) is 0.984. The fourth-order valence-corrected chi connectivity index (χ4v) is 4.51. The van der Waals surface area contributed by atoms with Crippen molar-refractivity contribution < 1.29 is 18.0 Å². The van der Waals surface area contributed by atoms with E-state index in [0.717, 1.165) is 21.7 Å². The first-order valence-electron chi connectivity index (χ1n) is 10.7. The fraction of sp³-hybridized carbons (Fsp3) is 0.417. The van der Waals surface area contributed by atoms with E-state index >= 15 is 0 Å². The van der Waals surface area contributed by atoms with Gasteiger partial charge < -0.3 is 10.2 Å². The molecule has 0 saturated carbocycles. The maximum Gasteiger partial charge on any atom is 0.244 e. The molecule has 1 atom stereocenters. The summed E-state index contributed by atoms with van der Waals surface area (Å²) in [7, 11) is -3.90. The Morgan fingerprint density at radius 2 is 1.65 bits per heavy atom. The molecular formula is C24H31Cl2N3O4S. The van der Waals surface area contributed by atoms with E-state index < -0.39 is 34.1 Å². The van der Waals surface area contributed by atoms with Gasteiger partial charge in [0.2, 0.25) is 21.8 Å². The van der Waals surface area contributed by atoms with Crippen LogP contribution in [0, 0.1) is 6.92 Å². The first-order valence-corrected chi connectivity index (χ1v) is 13.3. The topological polar surface area (TPSA) is 86.8 Å². The number of hydrogen-bond acceptors (Lipinski definition) is 4. The molecule has 1 N–H and O–H groups in total. The van der Waals surface area contributed by atoms with Crippen LogP contribution in [-0.2, 0) is 26.2 Å². The molecule has 0 fully saturated rings. The maximum atomic E-state index is 13.5. The van der Waals surface area contributed by atoms with Gasteiger partial charge in [-0.2, -0.15) is 0 Å². The minimum absolute atomic E-state index is 0.0899. The van der Waals surface area contributed by atoms with E-state index in [1.165, 1.54) is 23.1 Å². The second kappa shape index (κ2) is 11.0. The minimum atomic E-state index is -3.90. The van der Waals surface area contributed by atoms with Gasteiger partial charge in [0.1, 0.15) is 12.6 Å². The normalized spacial score (nSPS) is 12.7. The molecule has 0 aromatic heterocycles. The van der Waals surface area contributed by atoms with Gasteiger partial charge in [-0.3, -0.25) is 13.9 Å². The van der Waals surface area contributed by atoms with E-state index in [-0.39, 0.29) is 28.2 Å². The Labute approximate surface area is 212 Å². The first kappa shape index (κ1) is 28.0. The van der Waals surface area contributed by atoms with Crippen LogP contribution in [0.25, 0.3) is 0 Å². The lowest BCUT2D eigenvalue weighted by atomic mass is 10.1. The molecule has 186 valence electrons. The van der Waals surface area contributed by atoms with Crippen LogP contribution in [0.1, 0.15) is 38.8 Å². The molecule has 0 bridgehead atoms. The monoisotopic (exact) mass is 527 g/mol. The molecular weight excluding hydrogens is 497 g/mol. The zero-order valence-electron chi connectivity index (χ0n) is 20.2. The maximum absolute atomic E-state index is 13.5. The summed E-state index contributed by atoms with van der Waals surface area (Å²) in [4.78, 5) is 27.8. The van der Waals surface area contributed by atoms with Gasteiger partial charge in [-0.1, -0.05) is 53.0 Å². The van der Waals surface area contributed by atoms with Gasteiger partial charge >= 0.3 is 0 Å². The van der Waals surface area contributed by atoms with Crippen molar-refractivity contribution in [3.8, 4) is 0 Å². The van der Waals surface area contributed by atoms with Crippen LogP contribution in [0.15, 0.2) is 42.5 Å². The summed E-state index contributed by atoms with van der Waals surface area (Å²) in [5.41, 5.74) is 1.45. The standard InChI is InChI=1S/C24H31Cl2N3O4S/c1-16-7-9-18(10-8-16)14-28(17(2)23(31)27-24(3,4)5)22(30)15-29(34(6,32)33)21-13-19(25)11-12-20(21)26/h7-13,17H,14-15H2,1-6H3,(H,27,31)/t17-/m1/s1. The minimum Gasteiger partial charge on any atom is -0.350 e. The third-order valence-electron chi connectivity index (χ3n) is 5.00. The Morgan fingerprint density at radius 3 is 2.18 bits per heavy atom. The van der Waals surface area contributed by atoms with Crippen LogP contribution >= 0.6 is 23.2 Å². The van der Waals surface area contributed by atoms with E-state index in [0.29, 0.717) is 0 Å². The Bertz CT molecular complexity index is 1150. The molecule has 2 amide bonds. The van der Waals surface area contributed by atoms with Crippen LogP contribution in [-0.4, -0.2) is 49.5 Å². The van der Waals surface area contributed by atoms with Gasteiger partial charge in [0.15, 0.2) is 0 Å². The lowest BCUT2D eigenvalue weighted by Crippen LogP contribution is -2.54. The highest BCUT2D eigenvalue weighted by atomic mass is 35.5. The number of hydrogen-bond donors (Lipinski definition) is 1. The Morgan fingerprint density at radius 1 is 1.06 bits per heavy atom. The molecule has 0 radical (unpaired) electrons. The summed E-state index contributed by atoms with van der Waals surface area (Å²) in [6, 6.07) is 11.1. The van der Waals surface area contributed by atoms with E-state index in [1.807, 2.05) is 52.0 Å². The number of benzene rings is 2. The van der Waals surface area contributed by atoms with Crippen molar-refractivity contribution in [3.05, 3.63) is 63.6 Å². The predicted molar refractivity (Wildman–Crippen MR) is 138 cm³/mol. The molecule has 0 saturated heterocycles. The smallest absolute Gasteiger partial charge is 0.244 e. The zero-order valence-corrected chi connectivity index (χ0v) is 22.6. The molecule has 0 spiro atoms. The number of nitrogens with zero attached hydrogens (tertiary/aromatic N) is 2. The lowest BCUT2D eigenvalue weighted by molar-refractivity contribution is -0.140. The van der Waals surface area contributed by atoms with Crippen molar-refractivity contribution in [2.24, 2.45) is 0 Å². The summed E-state index contributed by atoms with van der Waals surface area (Å²) in [5, 5.41) is 3.28. The van der Waals surface area contributed by atoms with Crippen LogP contribution in [0.5, 0.6) is 0 Å². The average molecular weight is 529 g/mol. The molecule has 2 aromatic carbocycles. The molecule has 0 aliphatic heterocycles. The molecule has 2 aromatic rings. The van der Waals surface area contributed by atoms with Gasteiger partial charge in [-0.25, -0.2) is 8.42 Å². The first-order chi connectivity index (χ1) is 15.6. The fourth-order valence-electron chi connectivity index (χ4n) is 3.22. The van der Waals surface area contributed by atoms with Crippen molar-refractivity contribution in [1.82, 2.24) is 10.2 Å². The van der Waals surface area contributed by atoms with Crippen molar-refractivity contribution in [2.45, 2.75) is 52.7 Å². The van der Waals surface area contributed by atoms with E-state index in [1.54, 1.807) is 6.92 Å². The number of amides is 2. The lowest BCUT2D eigenvalue weighted by Gasteiger charge is -2.33. The van der Waals surface area contributed by atoms with Gasteiger partial charge in [-0.05, 0) is 58.4 Å². The number of carbonyl (C=O) groups excluding carboxylic acids is 2. The van der Waals surface area contributed by atoms with Gasteiger partial charge in [0.25, 0.3) is 0 Å². The molecule has 10 heteroatoms. The summed E-state index contributed by atoms with van der Waals surface area (Å²) < 4.78 is 26.1. The van der Waals surface area contributed by atoms with E-state index in [2.05, 4.69) is 5.32 Å². The summed E-state index contributed by atoms with van der Waals surface area (Å²) >= 11 is 12.3. The largest absolute Gasteiger partial charge is 0.350 e. The van der Waals surface area contributed by atoms with Crippen LogP contribution in [0.3, 0.4) is 0 Å². The highest BCUT2D eigenvalue weighted by Gasteiger charge is 2.32. The number of nitrogens with one attached hydrogen (secondary N) is 1. The molecule has 0 heterocycles.